The van der Waals surface area contributed by atoms with E-state index in [-0.39, 0.29) is 29.3 Å². The van der Waals surface area contributed by atoms with E-state index in [0.717, 1.165) is 17.6 Å². The number of carbonyl (C=O) groups is 1. The summed E-state index contributed by atoms with van der Waals surface area (Å²) in [4.78, 5) is 12.1. The lowest BCUT2D eigenvalue weighted by Crippen LogP contribution is -2.59. The molecule has 5 atom stereocenters. The zero-order chi connectivity index (χ0) is 17.2. The predicted octanol–water partition coefficient (Wildman–Crippen LogP) is 2.60. The molecule has 5 unspecified atom stereocenters. The quantitative estimate of drug-likeness (QED) is 0.729. The van der Waals surface area contributed by atoms with E-state index < -0.39 is 17.6 Å². The first-order valence-electron chi connectivity index (χ1n) is 8.60. The summed E-state index contributed by atoms with van der Waals surface area (Å²) in [5.74, 6) is -0.342. The molecule has 0 amide bonds. The van der Waals surface area contributed by atoms with Gasteiger partial charge in [0.2, 0.25) is 0 Å². The molecule has 0 saturated heterocycles. The molecule has 1 fully saturated rings. The van der Waals surface area contributed by atoms with Gasteiger partial charge in [0.05, 0.1) is 12.2 Å². The van der Waals surface area contributed by atoms with Crippen LogP contribution in [0.2, 0.25) is 0 Å². The molecule has 0 aromatic heterocycles. The Morgan fingerprint density at radius 2 is 1.91 bits per heavy atom. The minimum Gasteiger partial charge on any atom is -0.454 e. The van der Waals surface area contributed by atoms with Crippen molar-refractivity contribution in [2.45, 2.75) is 65.8 Å². The summed E-state index contributed by atoms with van der Waals surface area (Å²) in [6.45, 7) is 10.3. The summed E-state index contributed by atoms with van der Waals surface area (Å²) in [7, 11) is 0. The van der Waals surface area contributed by atoms with Crippen LogP contribution in [-0.4, -0.2) is 34.5 Å². The lowest BCUT2D eigenvalue weighted by molar-refractivity contribution is -0.148. The maximum atomic E-state index is 12.1. The normalized spacial score (nSPS) is 42.3. The second kappa shape index (κ2) is 5.18. The van der Waals surface area contributed by atoms with Crippen molar-refractivity contribution in [1.29, 1.82) is 0 Å². The van der Waals surface area contributed by atoms with Crippen LogP contribution < -0.4 is 0 Å². The van der Waals surface area contributed by atoms with Crippen LogP contribution in [-0.2, 0) is 9.53 Å². The predicted molar refractivity (Wildman–Crippen MR) is 87.5 cm³/mol. The number of carbonyl (C=O) groups excluding carboxylic acids is 1. The molecule has 0 aromatic carbocycles. The van der Waals surface area contributed by atoms with Gasteiger partial charge in [-0.15, -0.1) is 0 Å². The lowest BCUT2D eigenvalue weighted by Gasteiger charge is -2.59. The maximum Gasteiger partial charge on any atom is 0.331 e. The molecular weight excluding hydrogens is 292 g/mol. The first-order chi connectivity index (χ1) is 10.6. The summed E-state index contributed by atoms with van der Waals surface area (Å²) in [5, 5.41) is 21.7. The van der Waals surface area contributed by atoms with Gasteiger partial charge in [-0.1, -0.05) is 34.6 Å². The van der Waals surface area contributed by atoms with Gasteiger partial charge in [0.15, 0.2) is 0 Å². The fourth-order valence-corrected chi connectivity index (χ4v) is 5.15. The molecule has 128 valence electrons. The minimum absolute atomic E-state index is 0.106. The molecule has 2 aliphatic carbocycles. The van der Waals surface area contributed by atoms with Gasteiger partial charge in [-0.05, 0) is 41.4 Å². The monoisotopic (exact) mass is 320 g/mol. The minimum atomic E-state index is -0.643. The summed E-state index contributed by atoms with van der Waals surface area (Å²) in [5.41, 5.74) is 1.01. The van der Waals surface area contributed by atoms with Crippen LogP contribution in [0.25, 0.3) is 0 Å². The number of rotatable bonds is 1. The van der Waals surface area contributed by atoms with E-state index >= 15 is 0 Å². The van der Waals surface area contributed by atoms with E-state index in [1.807, 2.05) is 26.8 Å². The Balaban J connectivity index is 2.20. The number of hydrogen-bond acceptors (Lipinski definition) is 4. The Bertz CT molecular complexity index is 586. The Morgan fingerprint density at radius 1 is 1.26 bits per heavy atom. The van der Waals surface area contributed by atoms with Crippen molar-refractivity contribution in [2.75, 3.05) is 0 Å². The van der Waals surface area contributed by atoms with Crippen LogP contribution in [0.4, 0.5) is 0 Å². The number of ether oxygens (including phenoxy) is 1. The molecule has 4 nitrogen and oxygen atoms in total. The SMILES string of the molecule is CC(C)C1OC(=O)C=C2C1=CC(O)C1C(C)(C)CCC(O)C21C. The van der Waals surface area contributed by atoms with Gasteiger partial charge in [-0.25, -0.2) is 4.79 Å². The third kappa shape index (κ3) is 2.30. The van der Waals surface area contributed by atoms with E-state index in [1.54, 1.807) is 0 Å². The molecule has 0 spiro atoms. The van der Waals surface area contributed by atoms with E-state index in [0.29, 0.717) is 6.42 Å². The number of aliphatic hydroxyl groups is 2. The summed E-state index contributed by atoms with van der Waals surface area (Å²) in [6, 6.07) is 0. The Morgan fingerprint density at radius 3 is 2.52 bits per heavy atom. The van der Waals surface area contributed by atoms with Gasteiger partial charge in [-0.3, -0.25) is 0 Å². The average Bonchev–Trinajstić information content (AvgIpc) is 2.43. The highest BCUT2D eigenvalue weighted by molar-refractivity contribution is 5.86. The molecule has 1 aliphatic heterocycles. The summed E-state index contributed by atoms with van der Waals surface area (Å²) >= 11 is 0. The topological polar surface area (TPSA) is 66.8 Å². The zero-order valence-electron chi connectivity index (χ0n) is 14.7. The zero-order valence-corrected chi connectivity index (χ0v) is 14.7. The van der Waals surface area contributed by atoms with Crippen LogP contribution in [0.15, 0.2) is 23.3 Å². The molecular formula is C19H28O4. The standard InChI is InChI=1S/C19H28O4/c1-10(2)16-11-8-13(20)17-18(3,4)7-6-14(21)19(17,5)12(11)9-15(22)23-16/h8-10,13-14,16-17,20-21H,6-7H2,1-5H3. The fourth-order valence-electron chi connectivity index (χ4n) is 5.15. The Labute approximate surface area is 138 Å². The third-order valence-electron chi connectivity index (χ3n) is 6.24. The van der Waals surface area contributed by atoms with Crippen LogP contribution >= 0.6 is 0 Å². The first kappa shape index (κ1) is 16.7. The van der Waals surface area contributed by atoms with Crippen molar-refractivity contribution in [1.82, 2.24) is 0 Å². The molecule has 1 saturated carbocycles. The highest BCUT2D eigenvalue weighted by atomic mass is 16.5. The highest BCUT2D eigenvalue weighted by Gasteiger charge is 2.59. The molecule has 2 N–H and O–H groups in total. The molecule has 4 heteroatoms. The van der Waals surface area contributed by atoms with E-state index in [4.69, 9.17) is 4.74 Å². The van der Waals surface area contributed by atoms with Crippen LogP contribution in [0, 0.1) is 22.7 Å². The summed E-state index contributed by atoms with van der Waals surface area (Å²) in [6.07, 6.45) is 3.37. The van der Waals surface area contributed by atoms with Crippen molar-refractivity contribution in [3.05, 3.63) is 23.3 Å². The van der Waals surface area contributed by atoms with Crippen molar-refractivity contribution < 1.29 is 19.7 Å². The number of cyclic esters (lactones) is 1. The first-order valence-corrected chi connectivity index (χ1v) is 8.60. The van der Waals surface area contributed by atoms with Crippen molar-refractivity contribution in [3.63, 3.8) is 0 Å². The lowest BCUT2D eigenvalue weighted by atomic mass is 9.48. The number of hydrogen-bond donors (Lipinski definition) is 2. The fraction of sp³-hybridized carbons (Fsp3) is 0.737. The van der Waals surface area contributed by atoms with Gasteiger partial charge in [-0.2, -0.15) is 0 Å². The van der Waals surface area contributed by atoms with Crippen molar-refractivity contribution >= 4 is 5.97 Å². The van der Waals surface area contributed by atoms with Crippen molar-refractivity contribution in [3.8, 4) is 0 Å². The second-order valence-corrected chi connectivity index (χ2v) is 8.58. The molecule has 0 bridgehead atoms. The number of fused-ring (bicyclic) bond motifs is 3. The Hall–Kier alpha value is -1.13. The van der Waals surface area contributed by atoms with Crippen LogP contribution in [0.5, 0.6) is 0 Å². The molecule has 23 heavy (non-hydrogen) atoms. The van der Waals surface area contributed by atoms with Gasteiger partial charge >= 0.3 is 5.97 Å². The van der Waals surface area contributed by atoms with Crippen LogP contribution in [0.1, 0.15) is 47.5 Å². The van der Waals surface area contributed by atoms with Gasteiger partial charge < -0.3 is 14.9 Å². The molecule has 3 rings (SSSR count). The molecule has 0 radical (unpaired) electrons. The van der Waals surface area contributed by atoms with E-state index in [9.17, 15) is 15.0 Å². The van der Waals surface area contributed by atoms with Crippen LogP contribution in [0.3, 0.4) is 0 Å². The van der Waals surface area contributed by atoms with Gasteiger partial charge in [0, 0.05) is 17.4 Å². The largest absolute Gasteiger partial charge is 0.454 e. The van der Waals surface area contributed by atoms with E-state index in [2.05, 4.69) is 13.8 Å². The van der Waals surface area contributed by atoms with Crippen molar-refractivity contribution in [2.24, 2.45) is 22.7 Å². The third-order valence-corrected chi connectivity index (χ3v) is 6.24. The molecule has 1 heterocycles. The van der Waals surface area contributed by atoms with Gasteiger partial charge in [0.1, 0.15) is 6.10 Å². The number of esters is 1. The summed E-state index contributed by atoms with van der Waals surface area (Å²) < 4.78 is 5.50. The van der Waals surface area contributed by atoms with E-state index in [1.165, 1.54) is 6.08 Å². The smallest absolute Gasteiger partial charge is 0.331 e. The highest BCUT2D eigenvalue weighted by Crippen LogP contribution is 2.60. The Kier molecular flexibility index (Phi) is 3.77. The maximum absolute atomic E-state index is 12.1. The average molecular weight is 320 g/mol. The molecule has 3 aliphatic rings. The number of aliphatic hydroxyl groups excluding tert-OH is 2. The van der Waals surface area contributed by atoms with Gasteiger partial charge in [0.25, 0.3) is 0 Å². The molecule has 0 aromatic rings. The second-order valence-electron chi connectivity index (χ2n) is 8.58.